The Morgan fingerprint density at radius 1 is 1.57 bits per heavy atom. The number of nitrogens with one attached hydrogen (secondary N) is 1. The molecule has 0 aliphatic carbocycles. The molecule has 0 aliphatic rings. The number of hydrogen-bond donors (Lipinski definition) is 1. The van der Waals surface area contributed by atoms with Crippen LogP contribution >= 0.6 is 11.3 Å². The van der Waals surface area contributed by atoms with Crippen molar-refractivity contribution in [3.05, 3.63) is 16.6 Å². The van der Waals surface area contributed by atoms with Crippen molar-refractivity contribution in [3.8, 4) is 0 Å². The van der Waals surface area contributed by atoms with E-state index < -0.39 is 11.4 Å². The normalized spacial score (nSPS) is 16.6. The van der Waals surface area contributed by atoms with Gasteiger partial charge in [0.25, 0.3) is 0 Å². The van der Waals surface area contributed by atoms with Crippen molar-refractivity contribution < 1.29 is 4.55 Å². The Morgan fingerprint density at radius 2 is 2.21 bits per heavy atom. The number of nitrogens with zero attached hydrogens (tertiary/aromatic N) is 1. The first kappa shape index (κ1) is 12.0. The van der Waals surface area contributed by atoms with Crippen molar-refractivity contribution in [3.63, 3.8) is 0 Å². The van der Waals surface area contributed by atoms with Gasteiger partial charge in [0.1, 0.15) is 4.75 Å². The lowest BCUT2D eigenvalue weighted by Crippen LogP contribution is -2.40. The van der Waals surface area contributed by atoms with Crippen LogP contribution in [0.2, 0.25) is 0 Å². The maximum atomic E-state index is 11.8. The molecule has 1 N–H and O–H groups in total. The van der Waals surface area contributed by atoms with Crippen LogP contribution in [-0.2, 0) is 11.4 Å². The molecule has 1 aromatic heterocycles. The Balaban J connectivity index is 2.53. The molecule has 0 saturated carbocycles. The predicted molar refractivity (Wildman–Crippen MR) is 61.6 cm³/mol. The zero-order valence-electron chi connectivity index (χ0n) is 8.90. The summed E-state index contributed by atoms with van der Waals surface area (Å²) in [4.78, 5) is 5.11. The molecule has 1 aromatic rings. The fraction of sp³-hybridized carbons (Fsp3) is 0.667. The summed E-state index contributed by atoms with van der Waals surface area (Å²) in [5.74, 6) is 0. The number of rotatable bonds is 3. The van der Waals surface area contributed by atoms with E-state index >= 15 is 0 Å². The molecular weight excluding hydrogens is 216 g/mol. The Bertz CT molecular complexity index is 269. The van der Waals surface area contributed by atoms with Crippen LogP contribution in [0.5, 0.6) is 0 Å². The van der Waals surface area contributed by atoms with E-state index in [1.807, 2.05) is 33.9 Å². The molecule has 0 aromatic carbocycles. The number of hydrogen-bond acceptors (Lipinski definition) is 4. The third-order valence-electron chi connectivity index (χ3n) is 1.72. The second kappa shape index (κ2) is 4.61. The highest BCUT2D eigenvalue weighted by Gasteiger charge is 2.28. The molecule has 3 nitrogen and oxygen atoms in total. The van der Waals surface area contributed by atoms with E-state index in [9.17, 15) is 4.55 Å². The lowest BCUT2D eigenvalue weighted by molar-refractivity contribution is 0.532. The van der Waals surface area contributed by atoms with Crippen LogP contribution in [0.15, 0.2) is 11.7 Å². The standard InChI is InChI=1S/C9H16N2OS2/c1-7(8-5-10-6-13-8)11-14(12)9(2,3)4/h5-7,11H,1-4H3. The number of thiazole rings is 1. The van der Waals surface area contributed by atoms with Crippen LogP contribution < -0.4 is 4.72 Å². The molecule has 1 rings (SSSR count). The van der Waals surface area contributed by atoms with E-state index in [0.29, 0.717) is 0 Å². The average molecular weight is 232 g/mol. The lowest BCUT2D eigenvalue weighted by Gasteiger charge is -2.25. The highest BCUT2D eigenvalue weighted by molar-refractivity contribution is 7.90. The quantitative estimate of drug-likeness (QED) is 0.813. The summed E-state index contributed by atoms with van der Waals surface area (Å²) in [6.07, 6.45) is 1.81. The third-order valence-corrected chi connectivity index (χ3v) is 4.36. The minimum Gasteiger partial charge on any atom is -0.598 e. The van der Waals surface area contributed by atoms with Gasteiger partial charge in [0.15, 0.2) is 0 Å². The van der Waals surface area contributed by atoms with Crippen LogP contribution in [-0.4, -0.2) is 14.3 Å². The summed E-state index contributed by atoms with van der Waals surface area (Å²) in [5.41, 5.74) is 1.79. The molecule has 2 unspecified atom stereocenters. The molecule has 5 heteroatoms. The van der Waals surface area contributed by atoms with E-state index in [4.69, 9.17) is 0 Å². The predicted octanol–water partition coefficient (Wildman–Crippen LogP) is 2.26. The van der Waals surface area contributed by atoms with Gasteiger partial charge in [0.2, 0.25) is 0 Å². The molecule has 0 aliphatic heterocycles. The van der Waals surface area contributed by atoms with E-state index in [-0.39, 0.29) is 10.8 Å². The van der Waals surface area contributed by atoms with Gasteiger partial charge in [-0.05, 0) is 27.7 Å². The van der Waals surface area contributed by atoms with Gasteiger partial charge in [0, 0.05) is 22.4 Å². The minimum absolute atomic E-state index is 0.0996. The largest absolute Gasteiger partial charge is 0.598 e. The Morgan fingerprint density at radius 3 is 2.64 bits per heavy atom. The molecule has 0 spiro atoms. The van der Waals surface area contributed by atoms with Gasteiger partial charge in [-0.2, -0.15) is 0 Å². The molecule has 80 valence electrons. The van der Waals surface area contributed by atoms with Crippen molar-refractivity contribution in [2.75, 3.05) is 0 Å². The number of aromatic nitrogens is 1. The van der Waals surface area contributed by atoms with Gasteiger partial charge in [-0.1, -0.05) is 0 Å². The Kier molecular flexibility index (Phi) is 3.94. The van der Waals surface area contributed by atoms with Gasteiger partial charge in [0.05, 0.1) is 11.6 Å². The maximum Gasteiger partial charge on any atom is 0.136 e. The summed E-state index contributed by atoms with van der Waals surface area (Å²) >= 11 is 0.552. The second-order valence-electron chi connectivity index (χ2n) is 4.12. The first-order chi connectivity index (χ1) is 6.41. The van der Waals surface area contributed by atoms with E-state index in [1.165, 1.54) is 0 Å². The van der Waals surface area contributed by atoms with Gasteiger partial charge in [-0.25, -0.2) is 0 Å². The first-order valence-corrected chi connectivity index (χ1v) is 6.50. The van der Waals surface area contributed by atoms with Gasteiger partial charge in [-0.15, -0.1) is 16.1 Å². The first-order valence-electron chi connectivity index (χ1n) is 4.47. The maximum absolute atomic E-state index is 11.8. The summed E-state index contributed by atoms with van der Waals surface area (Å²) < 4.78 is 14.6. The van der Waals surface area contributed by atoms with Crippen LogP contribution in [0.3, 0.4) is 0 Å². The fourth-order valence-corrected chi connectivity index (χ4v) is 2.34. The minimum atomic E-state index is -1.02. The molecule has 0 saturated heterocycles. The molecular formula is C9H16N2OS2. The van der Waals surface area contributed by atoms with Crippen molar-refractivity contribution in [1.82, 2.24) is 9.71 Å². The molecule has 1 heterocycles. The Labute approximate surface area is 92.3 Å². The second-order valence-corrected chi connectivity index (χ2v) is 7.04. The van der Waals surface area contributed by atoms with Crippen molar-refractivity contribution >= 4 is 22.7 Å². The molecule has 2 atom stereocenters. The Hall–Kier alpha value is -0.100. The fourth-order valence-electron chi connectivity index (χ4n) is 0.835. The van der Waals surface area contributed by atoms with E-state index in [0.717, 1.165) is 4.88 Å². The smallest absolute Gasteiger partial charge is 0.136 e. The average Bonchev–Trinajstić information content (AvgIpc) is 2.53. The SMILES string of the molecule is CC(N[S+]([O-])C(C)(C)C)c1cncs1. The topological polar surface area (TPSA) is 48.0 Å². The monoisotopic (exact) mass is 232 g/mol. The molecule has 0 radical (unpaired) electrons. The van der Waals surface area contributed by atoms with Crippen LogP contribution in [0.1, 0.15) is 38.6 Å². The van der Waals surface area contributed by atoms with Gasteiger partial charge < -0.3 is 4.55 Å². The summed E-state index contributed by atoms with van der Waals surface area (Å²) in [6.45, 7) is 7.86. The lowest BCUT2D eigenvalue weighted by atomic mass is 10.3. The zero-order valence-corrected chi connectivity index (χ0v) is 10.5. The highest BCUT2D eigenvalue weighted by atomic mass is 32.2. The molecule has 0 fully saturated rings. The summed E-state index contributed by atoms with van der Waals surface area (Å²) in [6, 6.07) is 0.0996. The van der Waals surface area contributed by atoms with Crippen molar-refractivity contribution in [2.45, 2.75) is 38.5 Å². The van der Waals surface area contributed by atoms with Gasteiger partial charge >= 0.3 is 0 Å². The zero-order chi connectivity index (χ0) is 10.8. The third kappa shape index (κ3) is 3.24. The summed E-state index contributed by atoms with van der Waals surface area (Å²) in [7, 11) is 0. The molecule has 0 bridgehead atoms. The van der Waals surface area contributed by atoms with Gasteiger partial charge in [-0.3, -0.25) is 4.98 Å². The summed E-state index contributed by atoms with van der Waals surface area (Å²) in [5, 5.41) is 0. The van der Waals surface area contributed by atoms with Crippen molar-refractivity contribution in [2.24, 2.45) is 0 Å². The van der Waals surface area contributed by atoms with Crippen LogP contribution in [0, 0.1) is 0 Å². The molecule has 0 amide bonds. The highest BCUT2D eigenvalue weighted by Crippen LogP contribution is 2.21. The van der Waals surface area contributed by atoms with E-state index in [1.54, 1.807) is 16.8 Å². The van der Waals surface area contributed by atoms with Crippen LogP contribution in [0.4, 0.5) is 0 Å². The molecule has 14 heavy (non-hydrogen) atoms. The van der Waals surface area contributed by atoms with Crippen molar-refractivity contribution in [1.29, 1.82) is 0 Å². The van der Waals surface area contributed by atoms with E-state index in [2.05, 4.69) is 9.71 Å². The van der Waals surface area contributed by atoms with Crippen LogP contribution in [0.25, 0.3) is 0 Å².